The highest BCUT2D eigenvalue weighted by Gasteiger charge is 2.39. The van der Waals surface area contributed by atoms with E-state index in [-0.39, 0.29) is 0 Å². The van der Waals surface area contributed by atoms with Crippen molar-refractivity contribution in [1.82, 2.24) is 10.2 Å². The lowest BCUT2D eigenvalue weighted by Crippen LogP contribution is -2.39. The summed E-state index contributed by atoms with van der Waals surface area (Å²) in [5.74, 6) is 3.68. The molecule has 3 unspecified atom stereocenters. The van der Waals surface area contributed by atoms with Crippen LogP contribution >= 0.6 is 11.8 Å². The van der Waals surface area contributed by atoms with Crippen LogP contribution in [0.5, 0.6) is 0 Å². The molecule has 0 radical (unpaired) electrons. The first-order valence-electron chi connectivity index (χ1n) is 5.98. The van der Waals surface area contributed by atoms with Gasteiger partial charge in [0.05, 0.1) is 0 Å². The number of nitrogens with one attached hydrogen (secondary N) is 1. The average Bonchev–Trinajstić information content (AvgIpc) is 2.81. The minimum absolute atomic E-state index is 0.870. The fraction of sp³-hybridized carbons (Fsp3) is 1.00. The van der Waals surface area contributed by atoms with Gasteiger partial charge in [-0.25, -0.2) is 0 Å². The van der Waals surface area contributed by atoms with Crippen LogP contribution in [0.4, 0.5) is 0 Å². The van der Waals surface area contributed by atoms with Crippen molar-refractivity contribution >= 4 is 11.8 Å². The van der Waals surface area contributed by atoms with E-state index >= 15 is 0 Å². The molecule has 3 rings (SSSR count). The van der Waals surface area contributed by atoms with Crippen LogP contribution in [0.2, 0.25) is 0 Å². The van der Waals surface area contributed by atoms with Crippen molar-refractivity contribution < 1.29 is 0 Å². The van der Waals surface area contributed by atoms with E-state index in [4.69, 9.17) is 0 Å². The second kappa shape index (κ2) is 4.03. The molecule has 0 aliphatic carbocycles. The molecular formula is C11H20N2S. The molecule has 0 aromatic heterocycles. The van der Waals surface area contributed by atoms with E-state index in [0.717, 1.165) is 18.0 Å². The molecule has 3 heterocycles. The Balaban J connectivity index is 1.52. The minimum Gasteiger partial charge on any atom is -0.311 e. The zero-order valence-electron chi connectivity index (χ0n) is 8.74. The zero-order chi connectivity index (χ0) is 9.38. The highest BCUT2D eigenvalue weighted by Crippen LogP contribution is 2.33. The summed E-state index contributed by atoms with van der Waals surface area (Å²) in [5.41, 5.74) is 0. The highest BCUT2D eigenvalue weighted by atomic mass is 32.2. The van der Waals surface area contributed by atoms with Crippen LogP contribution in [0, 0.1) is 5.92 Å². The largest absolute Gasteiger partial charge is 0.311 e. The summed E-state index contributed by atoms with van der Waals surface area (Å²) < 4.78 is 0. The summed E-state index contributed by atoms with van der Waals surface area (Å²) in [6.07, 6.45) is 4.34. The number of rotatable bonds is 2. The molecular weight excluding hydrogens is 192 g/mol. The van der Waals surface area contributed by atoms with Gasteiger partial charge >= 0.3 is 0 Å². The van der Waals surface area contributed by atoms with E-state index in [1.165, 1.54) is 50.4 Å². The number of hydrogen-bond acceptors (Lipinski definition) is 3. The first-order valence-corrected chi connectivity index (χ1v) is 7.13. The average molecular weight is 212 g/mol. The zero-order valence-corrected chi connectivity index (χ0v) is 9.56. The van der Waals surface area contributed by atoms with Crippen molar-refractivity contribution in [3.8, 4) is 0 Å². The smallest absolute Gasteiger partial charge is 0.0111 e. The van der Waals surface area contributed by atoms with Gasteiger partial charge in [-0.2, -0.15) is 11.8 Å². The van der Waals surface area contributed by atoms with Gasteiger partial charge in [0.15, 0.2) is 0 Å². The van der Waals surface area contributed by atoms with E-state index in [9.17, 15) is 0 Å². The Labute approximate surface area is 90.8 Å². The van der Waals surface area contributed by atoms with Crippen molar-refractivity contribution in [1.29, 1.82) is 0 Å². The fourth-order valence-corrected chi connectivity index (χ4v) is 4.23. The van der Waals surface area contributed by atoms with Crippen molar-refractivity contribution in [2.24, 2.45) is 5.92 Å². The SMILES string of the molecule is C1CN(CC2CC3CCC2N3)CCS1. The van der Waals surface area contributed by atoms with Gasteiger partial charge in [0.25, 0.3) is 0 Å². The van der Waals surface area contributed by atoms with Gasteiger partial charge in [0.2, 0.25) is 0 Å². The van der Waals surface area contributed by atoms with Gasteiger partial charge < -0.3 is 10.2 Å². The molecule has 3 aliphatic heterocycles. The maximum Gasteiger partial charge on any atom is 0.0111 e. The van der Waals surface area contributed by atoms with Crippen LogP contribution in [0.3, 0.4) is 0 Å². The second-order valence-corrected chi connectivity index (χ2v) is 6.18. The van der Waals surface area contributed by atoms with Gasteiger partial charge in [-0.05, 0) is 25.2 Å². The summed E-state index contributed by atoms with van der Waals surface area (Å²) in [6, 6.07) is 1.75. The quantitative estimate of drug-likeness (QED) is 0.740. The van der Waals surface area contributed by atoms with E-state index < -0.39 is 0 Å². The Hall–Kier alpha value is 0.270. The number of fused-ring (bicyclic) bond motifs is 2. The first-order chi connectivity index (χ1) is 6.92. The third kappa shape index (κ3) is 1.82. The summed E-state index contributed by atoms with van der Waals surface area (Å²) >= 11 is 2.11. The van der Waals surface area contributed by atoms with Crippen molar-refractivity contribution in [3.05, 3.63) is 0 Å². The van der Waals surface area contributed by atoms with Crippen LogP contribution in [-0.2, 0) is 0 Å². The Morgan fingerprint density at radius 1 is 1.21 bits per heavy atom. The number of nitrogens with zero attached hydrogens (tertiary/aromatic N) is 1. The van der Waals surface area contributed by atoms with Gasteiger partial charge in [0.1, 0.15) is 0 Å². The molecule has 1 N–H and O–H groups in total. The molecule has 0 aromatic carbocycles. The van der Waals surface area contributed by atoms with Gasteiger partial charge in [0, 0.05) is 43.2 Å². The van der Waals surface area contributed by atoms with Crippen LogP contribution < -0.4 is 5.32 Å². The van der Waals surface area contributed by atoms with E-state index in [1.54, 1.807) is 0 Å². The Morgan fingerprint density at radius 2 is 2.07 bits per heavy atom. The summed E-state index contributed by atoms with van der Waals surface area (Å²) in [5, 5.41) is 3.74. The molecule has 2 nitrogen and oxygen atoms in total. The molecule has 14 heavy (non-hydrogen) atoms. The van der Waals surface area contributed by atoms with Crippen molar-refractivity contribution in [3.63, 3.8) is 0 Å². The predicted molar refractivity (Wildman–Crippen MR) is 61.8 cm³/mol. The number of thioether (sulfide) groups is 1. The number of hydrogen-bond donors (Lipinski definition) is 1. The lowest BCUT2D eigenvalue weighted by atomic mass is 9.89. The molecule has 3 atom stereocenters. The van der Waals surface area contributed by atoms with Crippen LogP contribution in [0.25, 0.3) is 0 Å². The molecule has 0 saturated carbocycles. The summed E-state index contributed by atoms with van der Waals surface area (Å²) in [4.78, 5) is 2.68. The molecule has 0 aromatic rings. The topological polar surface area (TPSA) is 15.3 Å². The monoisotopic (exact) mass is 212 g/mol. The van der Waals surface area contributed by atoms with Gasteiger partial charge in [-0.3, -0.25) is 0 Å². The molecule has 2 bridgehead atoms. The van der Waals surface area contributed by atoms with Crippen LogP contribution in [0.15, 0.2) is 0 Å². The third-order valence-corrected chi connectivity index (χ3v) is 4.97. The highest BCUT2D eigenvalue weighted by molar-refractivity contribution is 7.99. The minimum atomic E-state index is 0.870. The van der Waals surface area contributed by atoms with E-state index in [2.05, 4.69) is 22.0 Å². The predicted octanol–water partition coefficient (Wildman–Crippen LogP) is 1.18. The molecule has 80 valence electrons. The van der Waals surface area contributed by atoms with Gasteiger partial charge in [-0.15, -0.1) is 0 Å². The molecule has 0 amide bonds. The Kier molecular flexibility index (Phi) is 2.73. The molecule has 3 fully saturated rings. The van der Waals surface area contributed by atoms with Crippen molar-refractivity contribution in [2.45, 2.75) is 31.3 Å². The standard InChI is InChI=1S/C11H20N2S/c1-2-11-9(7-10(1)12-11)8-13-3-5-14-6-4-13/h9-12H,1-8H2. The normalized spacial score (nSPS) is 43.3. The molecule has 3 heteroatoms. The molecule has 3 aliphatic rings. The summed E-state index contributed by atoms with van der Waals surface area (Å²) in [6.45, 7) is 4.03. The van der Waals surface area contributed by atoms with Crippen molar-refractivity contribution in [2.75, 3.05) is 31.1 Å². The Bertz CT molecular complexity index is 203. The van der Waals surface area contributed by atoms with Crippen LogP contribution in [-0.4, -0.2) is 48.1 Å². The lowest BCUT2D eigenvalue weighted by Gasteiger charge is -2.31. The first kappa shape index (κ1) is 9.49. The summed E-state index contributed by atoms with van der Waals surface area (Å²) in [7, 11) is 0. The van der Waals surface area contributed by atoms with E-state index in [1.807, 2.05) is 0 Å². The molecule has 0 spiro atoms. The lowest BCUT2D eigenvalue weighted by molar-refractivity contribution is 0.228. The maximum atomic E-state index is 3.74. The van der Waals surface area contributed by atoms with Crippen LogP contribution in [0.1, 0.15) is 19.3 Å². The second-order valence-electron chi connectivity index (χ2n) is 4.96. The maximum absolute atomic E-state index is 3.74. The van der Waals surface area contributed by atoms with Gasteiger partial charge in [-0.1, -0.05) is 0 Å². The fourth-order valence-electron chi connectivity index (χ4n) is 3.25. The third-order valence-electron chi connectivity index (χ3n) is 4.03. The van der Waals surface area contributed by atoms with E-state index in [0.29, 0.717) is 0 Å². The molecule has 3 saturated heterocycles. The Morgan fingerprint density at radius 3 is 2.71 bits per heavy atom.